The van der Waals surface area contributed by atoms with Crippen LogP contribution in [-0.2, 0) is 4.74 Å². The molecule has 0 saturated heterocycles. The van der Waals surface area contributed by atoms with E-state index in [1.165, 1.54) is 51.4 Å². The standard InChI is InChI=1S/C19H40O/c1-8-9-10-11-12-13-14-15-19(16(2)3,17(4)5)20-18(6)7/h16-18H,8-15H2,1-7H3. The molecule has 0 N–H and O–H groups in total. The third-order valence-electron chi connectivity index (χ3n) is 4.58. The number of hydrogen-bond donors (Lipinski definition) is 0. The number of rotatable bonds is 12. The van der Waals surface area contributed by atoms with E-state index in [1.54, 1.807) is 0 Å². The van der Waals surface area contributed by atoms with Crippen LogP contribution in [0.3, 0.4) is 0 Å². The van der Waals surface area contributed by atoms with Gasteiger partial charge in [0.05, 0.1) is 11.7 Å². The fourth-order valence-corrected chi connectivity index (χ4v) is 3.37. The topological polar surface area (TPSA) is 9.23 Å². The van der Waals surface area contributed by atoms with Crippen molar-refractivity contribution >= 4 is 0 Å². The molecular weight excluding hydrogens is 244 g/mol. The molecule has 122 valence electrons. The highest BCUT2D eigenvalue weighted by Crippen LogP contribution is 2.36. The zero-order chi connectivity index (χ0) is 15.6. The van der Waals surface area contributed by atoms with E-state index < -0.39 is 0 Å². The largest absolute Gasteiger partial charge is 0.372 e. The molecule has 0 aromatic rings. The molecule has 0 amide bonds. The third-order valence-corrected chi connectivity index (χ3v) is 4.58. The van der Waals surface area contributed by atoms with E-state index in [4.69, 9.17) is 4.74 Å². The van der Waals surface area contributed by atoms with Gasteiger partial charge in [-0.05, 0) is 32.1 Å². The maximum Gasteiger partial charge on any atom is 0.0731 e. The van der Waals surface area contributed by atoms with E-state index in [9.17, 15) is 0 Å². The Morgan fingerprint density at radius 2 is 1.15 bits per heavy atom. The number of ether oxygens (including phenoxy) is 1. The molecule has 0 bridgehead atoms. The third kappa shape index (κ3) is 7.11. The predicted octanol–water partition coefficient (Wildman–Crippen LogP) is 6.60. The van der Waals surface area contributed by atoms with Gasteiger partial charge in [-0.15, -0.1) is 0 Å². The molecule has 1 heteroatoms. The molecule has 0 heterocycles. The average molecular weight is 285 g/mol. The molecular formula is C19H40O. The van der Waals surface area contributed by atoms with Crippen LogP contribution in [0.1, 0.15) is 99.8 Å². The number of unbranched alkanes of at least 4 members (excludes halogenated alkanes) is 6. The van der Waals surface area contributed by atoms with Crippen molar-refractivity contribution in [1.29, 1.82) is 0 Å². The summed E-state index contributed by atoms with van der Waals surface area (Å²) in [6, 6.07) is 0. The van der Waals surface area contributed by atoms with Crippen molar-refractivity contribution in [2.75, 3.05) is 0 Å². The summed E-state index contributed by atoms with van der Waals surface area (Å²) in [6.45, 7) is 15.9. The van der Waals surface area contributed by atoms with Gasteiger partial charge in [0.15, 0.2) is 0 Å². The van der Waals surface area contributed by atoms with Crippen molar-refractivity contribution in [2.45, 2.75) is 112 Å². The minimum absolute atomic E-state index is 0.0670. The van der Waals surface area contributed by atoms with Crippen LogP contribution in [0.15, 0.2) is 0 Å². The van der Waals surface area contributed by atoms with E-state index in [2.05, 4.69) is 48.5 Å². The lowest BCUT2D eigenvalue weighted by atomic mass is 9.76. The highest BCUT2D eigenvalue weighted by atomic mass is 16.5. The van der Waals surface area contributed by atoms with Crippen LogP contribution in [0, 0.1) is 11.8 Å². The van der Waals surface area contributed by atoms with Crippen LogP contribution in [0.4, 0.5) is 0 Å². The van der Waals surface area contributed by atoms with Gasteiger partial charge in [-0.25, -0.2) is 0 Å². The molecule has 0 fully saturated rings. The van der Waals surface area contributed by atoms with Gasteiger partial charge in [-0.3, -0.25) is 0 Å². The van der Waals surface area contributed by atoms with Gasteiger partial charge in [0.2, 0.25) is 0 Å². The lowest BCUT2D eigenvalue weighted by molar-refractivity contribution is -0.143. The summed E-state index contributed by atoms with van der Waals surface area (Å²) in [4.78, 5) is 0. The number of hydrogen-bond acceptors (Lipinski definition) is 1. The van der Waals surface area contributed by atoms with Gasteiger partial charge < -0.3 is 4.74 Å². The molecule has 0 rings (SSSR count). The zero-order valence-corrected chi connectivity index (χ0v) is 15.3. The minimum Gasteiger partial charge on any atom is -0.372 e. The second kappa shape index (κ2) is 10.7. The molecule has 0 aromatic heterocycles. The normalized spacial score (nSPS) is 12.9. The Bertz CT molecular complexity index is 210. The van der Waals surface area contributed by atoms with Crippen LogP contribution < -0.4 is 0 Å². The van der Waals surface area contributed by atoms with Crippen LogP contribution in [0.25, 0.3) is 0 Å². The van der Waals surface area contributed by atoms with Crippen molar-refractivity contribution in [2.24, 2.45) is 11.8 Å². The van der Waals surface area contributed by atoms with E-state index in [1.807, 2.05) is 0 Å². The van der Waals surface area contributed by atoms with Crippen molar-refractivity contribution in [1.82, 2.24) is 0 Å². The molecule has 0 radical (unpaired) electrons. The first-order valence-corrected chi connectivity index (χ1v) is 9.04. The average Bonchev–Trinajstić information content (AvgIpc) is 2.35. The second-order valence-corrected chi connectivity index (χ2v) is 7.30. The molecule has 1 nitrogen and oxygen atoms in total. The molecule has 0 atom stereocenters. The lowest BCUT2D eigenvalue weighted by Crippen LogP contribution is -2.45. The fraction of sp³-hybridized carbons (Fsp3) is 1.00. The summed E-state index contributed by atoms with van der Waals surface area (Å²) in [6.07, 6.45) is 11.2. The summed E-state index contributed by atoms with van der Waals surface area (Å²) in [5.74, 6) is 1.18. The zero-order valence-electron chi connectivity index (χ0n) is 15.3. The lowest BCUT2D eigenvalue weighted by Gasteiger charge is -2.43. The maximum atomic E-state index is 6.41. The Hall–Kier alpha value is -0.0400. The van der Waals surface area contributed by atoms with Gasteiger partial charge in [-0.1, -0.05) is 79.6 Å². The monoisotopic (exact) mass is 284 g/mol. The SMILES string of the molecule is CCCCCCCCCC(OC(C)C)(C(C)C)C(C)C. The van der Waals surface area contributed by atoms with Gasteiger partial charge in [0, 0.05) is 0 Å². The molecule has 0 aromatic carbocycles. The van der Waals surface area contributed by atoms with Crippen LogP contribution in [-0.4, -0.2) is 11.7 Å². The summed E-state index contributed by atoms with van der Waals surface area (Å²) in [7, 11) is 0. The van der Waals surface area contributed by atoms with Crippen LogP contribution >= 0.6 is 0 Å². The van der Waals surface area contributed by atoms with Gasteiger partial charge >= 0.3 is 0 Å². The smallest absolute Gasteiger partial charge is 0.0731 e. The summed E-state index contributed by atoms with van der Waals surface area (Å²) in [5.41, 5.74) is 0.0670. The molecule has 0 spiro atoms. The van der Waals surface area contributed by atoms with E-state index in [0.717, 1.165) is 0 Å². The molecule has 0 aliphatic rings. The second-order valence-electron chi connectivity index (χ2n) is 7.30. The van der Waals surface area contributed by atoms with Gasteiger partial charge in [0.1, 0.15) is 0 Å². The molecule has 0 unspecified atom stereocenters. The molecule has 20 heavy (non-hydrogen) atoms. The van der Waals surface area contributed by atoms with Crippen LogP contribution in [0.5, 0.6) is 0 Å². The van der Waals surface area contributed by atoms with Crippen molar-refractivity contribution in [3.63, 3.8) is 0 Å². The minimum atomic E-state index is 0.0670. The van der Waals surface area contributed by atoms with Crippen molar-refractivity contribution in [3.8, 4) is 0 Å². The van der Waals surface area contributed by atoms with Crippen molar-refractivity contribution < 1.29 is 4.74 Å². The van der Waals surface area contributed by atoms with Gasteiger partial charge in [0.25, 0.3) is 0 Å². The Morgan fingerprint density at radius 1 is 0.700 bits per heavy atom. The first-order chi connectivity index (χ1) is 9.36. The summed E-state index contributed by atoms with van der Waals surface area (Å²) in [5, 5.41) is 0. The highest BCUT2D eigenvalue weighted by Gasteiger charge is 2.38. The van der Waals surface area contributed by atoms with E-state index in [0.29, 0.717) is 17.9 Å². The Kier molecular flexibility index (Phi) is 10.6. The highest BCUT2D eigenvalue weighted by molar-refractivity contribution is 4.88. The molecule has 0 aliphatic carbocycles. The Morgan fingerprint density at radius 3 is 1.55 bits per heavy atom. The summed E-state index contributed by atoms with van der Waals surface area (Å²) < 4.78 is 6.41. The fourth-order valence-electron chi connectivity index (χ4n) is 3.37. The van der Waals surface area contributed by atoms with E-state index >= 15 is 0 Å². The molecule has 0 aliphatic heterocycles. The molecule has 0 saturated carbocycles. The van der Waals surface area contributed by atoms with Crippen LogP contribution in [0.2, 0.25) is 0 Å². The Labute approximate surface area is 128 Å². The quantitative estimate of drug-likeness (QED) is 0.367. The maximum absolute atomic E-state index is 6.41. The van der Waals surface area contributed by atoms with Crippen molar-refractivity contribution in [3.05, 3.63) is 0 Å². The first kappa shape index (κ1) is 20.0. The summed E-state index contributed by atoms with van der Waals surface area (Å²) >= 11 is 0. The predicted molar refractivity (Wildman–Crippen MR) is 91.2 cm³/mol. The van der Waals surface area contributed by atoms with Gasteiger partial charge in [-0.2, -0.15) is 0 Å². The first-order valence-electron chi connectivity index (χ1n) is 9.04. The Balaban J connectivity index is 4.23. The van der Waals surface area contributed by atoms with E-state index in [-0.39, 0.29) is 5.60 Å².